The van der Waals surface area contributed by atoms with Crippen molar-refractivity contribution >= 4 is 5.97 Å². The van der Waals surface area contributed by atoms with Crippen molar-refractivity contribution in [2.75, 3.05) is 13.1 Å². The van der Waals surface area contributed by atoms with Crippen molar-refractivity contribution in [3.63, 3.8) is 0 Å². The summed E-state index contributed by atoms with van der Waals surface area (Å²) in [7, 11) is 0. The molecule has 4 nitrogen and oxygen atoms in total. The van der Waals surface area contributed by atoms with Gasteiger partial charge in [0.25, 0.3) is 0 Å². The quantitative estimate of drug-likeness (QED) is 0.674. The second-order valence-electron chi connectivity index (χ2n) is 4.07. The largest absolute Gasteiger partial charge is 0.456 e. The molecule has 2 saturated heterocycles. The molecule has 1 radical (unpaired) electrons. The Morgan fingerprint density at radius 2 is 2.60 bits per heavy atom. The predicted octanol–water partition coefficient (Wildman–Crippen LogP) is 0.459. The summed E-state index contributed by atoms with van der Waals surface area (Å²) in [6, 6.07) is 3.75. The number of cyclic esters (lactones) is 1. The summed E-state index contributed by atoms with van der Waals surface area (Å²) in [4.78, 5) is 15.5. The standard InChI is InChI=1S/C11H11N2O2/c14-10-11(3-5-13-7-11)9(15-10)8-2-1-4-12-6-8/h1-2,4,9,13H,3,5,7H2. The van der Waals surface area contributed by atoms with E-state index in [0.29, 0.717) is 6.54 Å². The van der Waals surface area contributed by atoms with E-state index in [1.807, 2.05) is 12.1 Å². The summed E-state index contributed by atoms with van der Waals surface area (Å²) < 4.78 is 5.21. The number of carbonyl (C=O) groups is 1. The van der Waals surface area contributed by atoms with Gasteiger partial charge in [0.05, 0.1) is 6.20 Å². The lowest BCUT2D eigenvalue weighted by Gasteiger charge is -2.43. The first-order chi connectivity index (χ1) is 7.33. The van der Waals surface area contributed by atoms with Gasteiger partial charge in [0, 0.05) is 18.3 Å². The lowest BCUT2D eigenvalue weighted by molar-refractivity contribution is -0.205. The van der Waals surface area contributed by atoms with Gasteiger partial charge in [-0.3, -0.25) is 9.78 Å². The fourth-order valence-corrected chi connectivity index (χ4v) is 2.34. The minimum absolute atomic E-state index is 0.0882. The van der Waals surface area contributed by atoms with Gasteiger partial charge in [-0.2, -0.15) is 0 Å². The number of nitrogens with one attached hydrogen (secondary N) is 1. The molecule has 1 N–H and O–H groups in total. The molecular formula is C11H11N2O2. The van der Waals surface area contributed by atoms with Crippen LogP contribution < -0.4 is 5.32 Å². The number of ether oxygens (including phenoxy) is 1. The average Bonchev–Trinajstić information content (AvgIpc) is 2.79. The molecule has 15 heavy (non-hydrogen) atoms. The second kappa shape index (κ2) is 3.03. The van der Waals surface area contributed by atoms with E-state index in [9.17, 15) is 4.79 Å². The third-order valence-corrected chi connectivity index (χ3v) is 3.23. The monoisotopic (exact) mass is 203 g/mol. The molecule has 2 fully saturated rings. The van der Waals surface area contributed by atoms with Crippen LogP contribution in [0.1, 0.15) is 18.1 Å². The number of hydrogen-bond acceptors (Lipinski definition) is 4. The fraction of sp³-hybridized carbons (Fsp3) is 0.455. The van der Waals surface area contributed by atoms with E-state index >= 15 is 0 Å². The first-order valence-corrected chi connectivity index (χ1v) is 5.07. The molecule has 1 aromatic rings. The molecule has 3 heterocycles. The molecule has 0 aliphatic carbocycles. The van der Waals surface area contributed by atoms with E-state index in [1.165, 1.54) is 0 Å². The number of esters is 1. The van der Waals surface area contributed by atoms with Crippen LogP contribution in [0.4, 0.5) is 0 Å². The Morgan fingerprint density at radius 1 is 1.67 bits per heavy atom. The van der Waals surface area contributed by atoms with E-state index in [2.05, 4.69) is 16.5 Å². The number of carbonyl (C=O) groups excluding carboxylic acids is 1. The molecule has 0 amide bonds. The Bertz CT molecular complexity index is 385. The van der Waals surface area contributed by atoms with Crippen LogP contribution in [0.15, 0.2) is 18.3 Å². The van der Waals surface area contributed by atoms with Gasteiger partial charge >= 0.3 is 5.97 Å². The molecule has 2 atom stereocenters. The first-order valence-electron chi connectivity index (χ1n) is 5.07. The average molecular weight is 203 g/mol. The van der Waals surface area contributed by atoms with Crippen molar-refractivity contribution in [3.8, 4) is 0 Å². The van der Waals surface area contributed by atoms with Crippen LogP contribution in [0.3, 0.4) is 0 Å². The summed E-state index contributed by atoms with van der Waals surface area (Å²) in [5.74, 6) is -0.0882. The van der Waals surface area contributed by atoms with Crippen LogP contribution in [0, 0.1) is 11.6 Å². The van der Waals surface area contributed by atoms with Gasteiger partial charge in [-0.15, -0.1) is 0 Å². The Hall–Kier alpha value is -1.42. The number of aromatic nitrogens is 1. The summed E-state index contributed by atoms with van der Waals surface area (Å²) >= 11 is 0. The van der Waals surface area contributed by atoms with Crippen LogP contribution in [0.25, 0.3) is 0 Å². The van der Waals surface area contributed by atoms with E-state index in [0.717, 1.165) is 18.5 Å². The van der Waals surface area contributed by atoms with E-state index in [1.54, 1.807) is 6.20 Å². The van der Waals surface area contributed by atoms with Gasteiger partial charge in [-0.1, -0.05) is 6.07 Å². The molecule has 3 rings (SSSR count). The second-order valence-corrected chi connectivity index (χ2v) is 4.07. The Labute approximate surface area is 87.7 Å². The van der Waals surface area contributed by atoms with Crippen LogP contribution >= 0.6 is 0 Å². The molecule has 2 aliphatic heterocycles. The topological polar surface area (TPSA) is 51.2 Å². The van der Waals surface area contributed by atoms with Crippen LogP contribution in [0.5, 0.6) is 0 Å². The number of rotatable bonds is 1. The van der Waals surface area contributed by atoms with Crippen molar-refractivity contribution < 1.29 is 9.53 Å². The molecule has 77 valence electrons. The molecule has 2 aliphatic rings. The zero-order valence-electron chi connectivity index (χ0n) is 8.19. The van der Waals surface area contributed by atoms with Crippen molar-refractivity contribution in [1.29, 1.82) is 0 Å². The Balaban J connectivity index is 1.93. The number of pyridine rings is 1. The lowest BCUT2D eigenvalue weighted by Crippen LogP contribution is -2.52. The fourth-order valence-electron chi connectivity index (χ4n) is 2.34. The van der Waals surface area contributed by atoms with E-state index in [4.69, 9.17) is 4.74 Å². The summed E-state index contributed by atoms with van der Waals surface area (Å²) in [5.41, 5.74) is 0.528. The van der Waals surface area contributed by atoms with Gasteiger partial charge in [0.2, 0.25) is 0 Å². The minimum atomic E-state index is -0.348. The van der Waals surface area contributed by atoms with Gasteiger partial charge in [-0.25, -0.2) is 0 Å². The third-order valence-electron chi connectivity index (χ3n) is 3.23. The van der Waals surface area contributed by atoms with E-state index in [-0.39, 0.29) is 17.5 Å². The molecule has 1 aromatic heterocycles. The maximum Gasteiger partial charge on any atom is 0.318 e. The van der Waals surface area contributed by atoms with Crippen LogP contribution in [0.2, 0.25) is 0 Å². The van der Waals surface area contributed by atoms with Crippen LogP contribution in [-0.4, -0.2) is 24.0 Å². The highest BCUT2D eigenvalue weighted by molar-refractivity contribution is 5.84. The normalized spacial score (nSPS) is 33.9. The molecular weight excluding hydrogens is 192 g/mol. The molecule has 1 spiro atoms. The zero-order chi connectivity index (χ0) is 10.3. The predicted molar refractivity (Wildman–Crippen MR) is 51.8 cm³/mol. The third kappa shape index (κ3) is 1.11. The van der Waals surface area contributed by atoms with Gasteiger partial charge in [0.1, 0.15) is 11.5 Å². The Kier molecular flexibility index (Phi) is 1.79. The first kappa shape index (κ1) is 8.85. The minimum Gasteiger partial charge on any atom is -0.456 e. The van der Waals surface area contributed by atoms with Crippen LogP contribution in [-0.2, 0) is 9.53 Å². The smallest absolute Gasteiger partial charge is 0.318 e. The number of nitrogens with zero attached hydrogens (tertiary/aromatic N) is 1. The highest BCUT2D eigenvalue weighted by atomic mass is 16.6. The van der Waals surface area contributed by atoms with Gasteiger partial charge < -0.3 is 10.1 Å². The van der Waals surface area contributed by atoms with Crippen molar-refractivity contribution in [2.24, 2.45) is 5.41 Å². The maximum atomic E-state index is 11.5. The summed E-state index contributed by atoms with van der Waals surface area (Å²) in [6.45, 7) is 1.59. The lowest BCUT2D eigenvalue weighted by atomic mass is 9.74. The summed E-state index contributed by atoms with van der Waals surface area (Å²) in [5, 5.41) is 3.21. The zero-order valence-corrected chi connectivity index (χ0v) is 8.19. The molecule has 0 saturated carbocycles. The number of hydrogen-bond donors (Lipinski definition) is 1. The highest BCUT2D eigenvalue weighted by Crippen LogP contribution is 2.50. The maximum absolute atomic E-state index is 11.5. The molecule has 0 aromatic carbocycles. The van der Waals surface area contributed by atoms with Gasteiger partial charge in [0.15, 0.2) is 0 Å². The van der Waals surface area contributed by atoms with Gasteiger partial charge in [-0.05, 0) is 19.0 Å². The summed E-state index contributed by atoms with van der Waals surface area (Å²) in [6.07, 6.45) is 5.25. The molecule has 4 heteroatoms. The van der Waals surface area contributed by atoms with Crippen molar-refractivity contribution in [1.82, 2.24) is 10.3 Å². The van der Waals surface area contributed by atoms with Crippen molar-refractivity contribution in [2.45, 2.75) is 12.5 Å². The highest BCUT2D eigenvalue weighted by Gasteiger charge is 2.59. The SMILES string of the molecule is O=C1OC(c2[c]nccc2)C12CCNC2. The van der Waals surface area contributed by atoms with E-state index < -0.39 is 0 Å². The Morgan fingerprint density at radius 3 is 3.20 bits per heavy atom. The van der Waals surface area contributed by atoms with Crippen molar-refractivity contribution in [3.05, 3.63) is 30.1 Å². The molecule has 0 bridgehead atoms. The molecule has 2 unspecified atom stereocenters.